The number of aryl methyl sites for hydroxylation is 1. The molecule has 5 nitrogen and oxygen atoms in total. The predicted molar refractivity (Wildman–Crippen MR) is 91.3 cm³/mol. The van der Waals surface area contributed by atoms with Crippen LogP contribution in [0.3, 0.4) is 0 Å². The second kappa shape index (κ2) is 6.54. The molecule has 1 aromatic heterocycles. The second-order valence-corrected chi connectivity index (χ2v) is 5.29. The molecule has 0 fully saturated rings. The molecule has 0 spiro atoms. The van der Waals surface area contributed by atoms with Crippen LogP contribution in [0, 0.1) is 12.7 Å². The van der Waals surface area contributed by atoms with E-state index in [1.54, 1.807) is 25.3 Å². The van der Waals surface area contributed by atoms with Gasteiger partial charge in [-0.2, -0.15) is 0 Å². The highest BCUT2D eigenvalue weighted by atomic mass is 19.1. The molecule has 6 heteroatoms. The SMILES string of the molecule is COc1ccc(-c2cc(=O)[nH]c(Nc3cc(F)ccc3C)n2)cc1. The molecule has 0 saturated heterocycles. The van der Waals surface area contributed by atoms with Crippen molar-refractivity contribution in [2.24, 2.45) is 0 Å². The van der Waals surface area contributed by atoms with E-state index in [0.29, 0.717) is 11.4 Å². The third-order valence-corrected chi connectivity index (χ3v) is 3.58. The first-order valence-corrected chi connectivity index (χ1v) is 7.34. The number of benzene rings is 2. The molecule has 0 aliphatic heterocycles. The maximum Gasteiger partial charge on any atom is 0.252 e. The predicted octanol–water partition coefficient (Wildman–Crippen LogP) is 3.64. The molecular weight excluding hydrogens is 309 g/mol. The van der Waals surface area contributed by atoms with Crippen LogP contribution in [0.5, 0.6) is 5.75 Å². The largest absolute Gasteiger partial charge is 0.497 e. The van der Waals surface area contributed by atoms with Crippen molar-refractivity contribution < 1.29 is 9.13 Å². The fraction of sp³-hybridized carbons (Fsp3) is 0.111. The van der Waals surface area contributed by atoms with Crippen LogP contribution in [0.1, 0.15) is 5.56 Å². The quantitative estimate of drug-likeness (QED) is 0.768. The van der Waals surface area contributed by atoms with Crippen LogP contribution in [-0.2, 0) is 0 Å². The lowest BCUT2D eigenvalue weighted by molar-refractivity contribution is 0.415. The van der Waals surface area contributed by atoms with E-state index in [0.717, 1.165) is 16.9 Å². The second-order valence-electron chi connectivity index (χ2n) is 5.29. The van der Waals surface area contributed by atoms with E-state index >= 15 is 0 Å². The van der Waals surface area contributed by atoms with E-state index in [9.17, 15) is 9.18 Å². The molecule has 0 bridgehead atoms. The first-order chi connectivity index (χ1) is 11.5. The van der Waals surface area contributed by atoms with Crippen LogP contribution in [-0.4, -0.2) is 17.1 Å². The lowest BCUT2D eigenvalue weighted by Gasteiger charge is -2.10. The number of H-pyrrole nitrogens is 1. The maximum absolute atomic E-state index is 13.4. The highest BCUT2D eigenvalue weighted by Gasteiger charge is 2.07. The Balaban J connectivity index is 1.96. The van der Waals surface area contributed by atoms with Crippen molar-refractivity contribution in [3.05, 3.63) is 70.3 Å². The Morgan fingerprint density at radius 1 is 1.12 bits per heavy atom. The number of rotatable bonds is 4. The third kappa shape index (κ3) is 3.43. The zero-order valence-corrected chi connectivity index (χ0v) is 13.3. The molecule has 2 aromatic carbocycles. The number of hydrogen-bond donors (Lipinski definition) is 2. The molecule has 3 rings (SSSR count). The Labute approximate surface area is 138 Å². The molecule has 0 unspecified atom stereocenters. The van der Waals surface area contributed by atoms with Gasteiger partial charge in [0.25, 0.3) is 5.56 Å². The van der Waals surface area contributed by atoms with Crippen LogP contribution in [0.25, 0.3) is 11.3 Å². The first kappa shape index (κ1) is 15.7. The van der Waals surface area contributed by atoms with Gasteiger partial charge in [0.05, 0.1) is 12.8 Å². The fourth-order valence-corrected chi connectivity index (χ4v) is 2.28. The average Bonchev–Trinajstić information content (AvgIpc) is 2.58. The molecule has 122 valence electrons. The third-order valence-electron chi connectivity index (χ3n) is 3.58. The summed E-state index contributed by atoms with van der Waals surface area (Å²) in [6, 6.07) is 13.0. The molecule has 0 saturated carbocycles. The molecule has 24 heavy (non-hydrogen) atoms. The lowest BCUT2D eigenvalue weighted by atomic mass is 10.1. The van der Waals surface area contributed by atoms with Gasteiger partial charge in [-0.15, -0.1) is 0 Å². The summed E-state index contributed by atoms with van der Waals surface area (Å²) in [6.07, 6.45) is 0. The van der Waals surface area contributed by atoms with Gasteiger partial charge < -0.3 is 10.1 Å². The zero-order chi connectivity index (χ0) is 17.1. The number of hydrogen-bond acceptors (Lipinski definition) is 4. The Morgan fingerprint density at radius 2 is 1.88 bits per heavy atom. The number of aromatic amines is 1. The van der Waals surface area contributed by atoms with E-state index in [4.69, 9.17) is 4.74 Å². The van der Waals surface area contributed by atoms with Crippen LogP contribution >= 0.6 is 0 Å². The average molecular weight is 325 g/mol. The van der Waals surface area contributed by atoms with Crippen molar-refractivity contribution in [1.29, 1.82) is 0 Å². The summed E-state index contributed by atoms with van der Waals surface area (Å²) in [5, 5.41) is 2.96. The monoisotopic (exact) mass is 325 g/mol. The number of halogens is 1. The van der Waals surface area contributed by atoms with Crippen molar-refractivity contribution in [2.45, 2.75) is 6.92 Å². The van der Waals surface area contributed by atoms with Gasteiger partial charge in [0.1, 0.15) is 11.6 Å². The van der Waals surface area contributed by atoms with Gasteiger partial charge in [-0.25, -0.2) is 9.37 Å². The minimum Gasteiger partial charge on any atom is -0.497 e. The van der Waals surface area contributed by atoms with E-state index in [1.807, 2.05) is 19.1 Å². The standard InChI is InChI=1S/C18H16FN3O2/c1-11-3-6-13(19)9-15(11)20-18-21-16(10-17(23)22-18)12-4-7-14(24-2)8-5-12/h3-10H,1-2H3,(H2,20,21,22,23). The van der Waals surface area contributed by atoms with Crippen LogP contribution in [0.15, 0.2) is 53.3 Å². The smallest absolute Gasteiger partial charge is 0.252 e. The van der Waals surface area contributed by atoms with Crippen LogP contribution < -0.4 is 15.6 Å². The molecule has 0 aliphatic carbocycles. The van der Waals surface area contributed by atoms with Crippen molar-refractivity contribution in [3.8, 4) is 17.0 Å². The van der Waals surface area contributed by atoms with Gasteiger partial charge in [0.15, 0.2) is 0 Å². The molecule has 1 heterocycles. The number of methoxy groups -OCH3 is 1. The number of aromatic nitrogens is 2. The van der Waals surface area contributed by atoms with Crippen molar-refractivity contribution >= 4 is 11.6 Å². The minimum atomic E-state index is -0.364. The zero-order valence-electron chi connectivity index (χ0n) is 13.3. The Hall–Kier alpha value is -3.15. The van der Waals surface area contributed by atoms with Crippen molar-refractivity contribution in [3.63, 3.8) is 0 Å². The molecule has 0 amide bonds. The molecular formula is C18H16FN3O2. The molecule has 3 aromatic rings. The van der Waals surface area contributed by atoms with E-state index in [1.165, 1.54) is 18.2 Å². The Kier molecular flexibility index (Phi) is 4.29. The highest BCUT2D eigenvalue weighted by molar-refractivity contribution is 5.63. The number of nitrogens with one attached hydrogen (secondary N) is 2. The highest BCUT2D eigenvalue weighted by Crippen LogP contribution is 2.22. The number of ether oxygens (including phenoxy) is 1. The van der Waals surface area contributed by atoms with E-state index in [2.05, 4.69) is 15.3 Å². The van der Waals surface area contributed by atoms with Gasteiger partial charge in [-0.05, 0) is 48.9 Å². The molecule has 2 N–H and O–H groups in total. The summed E-state index contributed by atoms with van der Waals surface area (Å²) in [5.41, 5.74) is 2.38. The summed E-state index contributed by atoms with van der Waals surface area (Å²) in [7, 11) is 1.59. The van der Waals surface area contributed by atoms with Crippen molar-refractivity contribution in [2.75, 3.05) is 12.4 Å². The molecule has 0 atom stereocenters. The van der Waals surface area contributed by atoms with Crippen LogP contribution in [0.2, 0.25) is 0 Å². The fourth-order valence-electron chi connectivity index (χ4n) is 2.28. The van der Waals surface area contributed by atoms with Gasteiger partial charge in [0, 0.05) is 17.3 Å². The van der Waals surface area contributed by atoms with Crippen LogP contribution in [0.4, 0.5) is 16.0 Å². The van der Waals surface area contributed by atoms with Gasteiger partial charge >= 0.3 is 0 Å². The topological polar surface area (TPSA) is 67.0 Å². The Bertz CT molecular complexity index is 920. The maximum atomic E-state index is 13.4. The number of nitrogens with zero attached hydrogens (tertiary/aromatic N) is 1. The normalized spacial score (nSPS) is 10.5. The summed E-state index contributed by atoms with van der Waals surface area (Å²) in [5.74, 6) is 0.607. The van der Waals surface area contributed by atoms with E-state index < -0.39 is 0 Å². The summed E-state index contributed by atoms with van der Waals surface area (Å²) < 4.78 is 18.5. The first-order valence-electron chi connectivity index (χ1n) is 7.34. The summed E-state index contributed by atoms with van der Waals surface area (Å²) >= 11 is 0. The van der Waals surface area contributed by atoms with Crippen molar-refractivity contribution in [1.82, 2.24) is 9.97 Å². The van der Waals surface area contributed by atoms with E-state index in [-0.39, 0.29) is 17.3 Å². The van der Waals surface area contributed by atoms with Gasteiger partial charge in [-0.1, -0.05) is 6.07 Å². The lowest BCUT2D eigenvalue weighted by Crippen LogP contribution is -2.11. The minimum absolute atomic E-state index is 0.252. The molecule has 0 radical (unpaired) electrons. The summed E-state index contributed by atoms with van der Waals surface area (Å²) in [4.78, 5) is 18.9. The summed E-state index contributed by atoms with van der Waals surface area (Å²) in [6.45, 7) is 1.84. The Morgan fingerprint density at radius 3 is 2.58 bits per heavy atom. The van der Waals surface area contributed by atoms with Gasteiger partial charge in [-0.3, -0.25) is 9.78 Å². The van der Waals surface area contributed by atoms with Gasteiger partial charge in [0.2, 0.25) is 5.95 Å². The molecule has 0 aliphatic rings. The number of anilines is 2.